The van der Waals surface area contributed by atoms with Crippen LogP contribution in [0.5, 0.6) is 0 Å². The van der Waals surface area contributed by atoms with Crippen molar-refractivity contribution >= 4 is 21.4 Å². The van der Waals surface area contributed by atoms with Crippen molar-refractivity contribution in [2.75, 3.05) is 20.1 Å². The van der Waals surface area contributed by atoms with Crippen LogP contribution < -0.4 is 5.32 Å². The molecule has 0 unspecified atom stereocenters. The van der Waals surface area contributed by atoms with Crippen LogP contribution >= 0.6 is 11.3 Å². The molecule has 0 bridgehead atoms. The van der Waals surface area contributed by atoms with Crippen molar-refractivity contribution in [2.24, 2.45) is 0 Å². The highest BCUT2D eigenvalue weighted by atomic mass is 32.2. The maximum Gasteiger partial charge on any atom is 0.253 e. The number of hydrogen-bond acceptors (Lipinski definition) is 4. The van der Waals surface area contributed by atoms with E-state index in [2.05, 4.69) is 11.2 Å². The van der Waals surface area contributed by atoms with Crippen LogP contribution in [0.15, 0.2) is 10.3 Å². The van der Waals surface area contributed by atoms with Crippen molar-refractivity contribution in [3.05, 3.63) is 16.5 Å². The van der Waals surface area contributed by atoms with Crippen LogP contribution in [0.1, 0.15) is 17.4 Å². The molecule has 6 heteroatoms. The molecule has 0 spiro atoms. The number of nitrogens with zero attached hydrogens (tertiary/aromatic N) is 1. The monoisotopic (exact) mass is 286 g/mol. The van der Waals surface area contributed by atoms with Crippen molar-refractivity contribution in [3.8, 4) is 12.3 Å². The van der Waals surface area contributed by atoms with E-state index in [1.165, 1.54) is 22.7 Å². The molecule has 1 aromatic heterocycles. The summed E-state index contributed by atoms with van der Waals surface area (Å²) in [5.74, 6) is 2.34. The molecule has 18 heavy (non-hydrogen) atoms. The summed E-state index contributed by atoms with van der Waals surface area (Å²) in [5, 5.41) is 3.19. The fourth-order valence-corrected chi connectivity index (χ4v) is 4.25. The Hall–Kier alpha value is -0.870. The van der Waals surface area contributed by atoms with Gasteiger partial charge in [-0.05, 0) is 25.1 Å². The van der Waals surface area contributed by atoms with E-state index in [1.807, 2.05) is 13.8 Å². The molecule has 0 aliphatic heterocycles. The molecule has 0 aromatic carbocycles. The Labute approximate surface area is 113 Å². The quantitative estimate of drug-likeness (QED) is 0.805. The number of thiophene rings is 1. The third kappa shape index (κ3) is 3.33. The summed E-state index contributed by atoms with van der Waals surface area (Å²) >= 11 is 1.30. The van der Waals surface area contributed by atoms with Gasteiger partial charge in [-0.25, -0.2) is 8.42 Å². The van der Waals surface area contributed by atoms with Crippen molar-refractivity contribution in [2.45, 2.75) is 24.6 Å². The third-order valence-corrected chi connectivity index (χ3v) is 6.00. The zero-order valence-electron chi connectivity index (χ0n) is 10.9. The first-order valence-corrected chi connectivity index (χ1v) is 7.89. The number of terminal acetylenes is 1. The Kier molecular flexibility index (Phi) is 5.35. The van der Waals surface area contributed by atoms with Gasteiger partial charge in [-0.3, -0.25) is 0 Å². The van der Waals surface area contributed by atoms with Crippen molar-refractivity contribution < 1.29 is 8.42 Å². The van der Waals surface area contributed by atoms with Crippen LogP contribution in [0.4, 0.5) is 0 Å². The largest absolute Gasteiger partial charge is 0.312 e. The van der Waals surface area contributed by atoms with Gasteiger partial charge in [0, 0.05) is 18.5 Å². The molecule has 0 saturated heterocycles. The minimum absolute atomic E-state index is 0.0851. The Balaban J connectivity index is 3.00. The fraction of sp³-hybridized carbons (Fsp3) is 0.500. The Morgan fingerprint density at radius 1 is 1.56 bits per heavy atom. The van der Waals surface area contributed by atoms with E-state index in [-0.39, 0.29) is 6.54 Å². The average Bonchev–Trinajstić information content (AvgIpc) is 2.69. The lowest BCUT2D eigenvalue weighted by atomic mass is 10.3. The number of nitrogens with one attached hydrogen (secondary N) is 1. The molecule has 0 radical (unpaired) electrons. The van der Waals surface area contributed by atoms with Gasteiger partial charge < -0.3 is 5.32 Å². The summed E-state index contributed by atoms with van der Waals surface area (Å²) in [4.78, 5) is 1.05. The van der Waals surface area contributed by atoms with Gasteiger partial charge in [-0.2, -0.15) is 4.31 Å². The SMILES string of the molecule is C#CCN(C)S(=O)(=O)c1cc(C)c(CNCC)s1. The van der Waals surface area contributed by atoms with Crippen LogP contribution in [-0.4, -0.2) is 32.9 Å². The summed E-state index contributed by atoms with van der Waals surface area (Å²) in [6.45, 7) is 5.57. The maximum atomic E-state index is 12.2. The molecule has 0 aliphatic carbocycles. The van der Waals surface area contributed by atoms with Gasteiger partial charge in [0.05, 0.1) is 6.54 Å². The summed E-state index contributed by atoms with van der Waals surface area (Å²) in [6.07, 6.45) is 5.14. The van der Waals surface area contributed by atoms with Crippen molar-refractivity contribution in [3.63, 3.8) is 0 Å². The standard InChI is InChI=1S/C12H18N2O2S2/c1-5-7-14(4)18(15,16)12-8-10(3)11(17-12)9-13-6-2/h1,8,13H,6-7,9H2,2-4H3. The molecule has 0 fully saturated rings. The third-order valence-electron chi connectivity index (χ3n) is 2.51. The number of sulfonamides is 1. The minimum atomic E-state index is -3.45. The summed E-state index contributed by atoms with van der Waals surface area (Å²) in [5.41, 5.74) is 0.994. The van der Waals surface area contributed by atoms with E-state index < -0.39 is 10.0 Å². The first kappa shape index (κ1) is 15.2. The van der Waals surface area contributed by atoms with E-state index in [1.54, 1.807) is 6.07 Å². The lowest BCUT2D eigenvalue weighted by molar-refractivity contribution is 0.505. The highest BCUT2D eigenvalue weighted by Gasteiger charge is 2.23. The van der Waals surface area contributed by atoms with Crippen LogP contribution in [0, 0.1) is 19.3 Å². The Morgan fingerprint density at radius 2 is 2.22 bits per heavy atom. The van der Waals surface area contributed by atoms with Crippen LogP contribution in [0.3, 0.4) is 0 Å². The number of aryl methyl sites for hydroxylation is 1. The van der Waals surface area contributed by atoms with Crippen LogP contribution in [0.2, 0.25) is 0 Å². The number of rotatable bonds is 6. The summed E-state index contributed by atoms with van der Waals surface area (Å²) in [6, 6.07) is 1.71. The predicted molar refractivity (Wildman–Crippen MR) is 75.1 cm³/mol. The molecule has 0 aliphatic rings. The molecule has 0 amide bonds. The van der Waals surface area contributed by atoms with Crippen LogP contribution in [0.25, 0.3) is 0 Å². The highest BCUT2D eigenvalue weighted by Crippen LogP contribution is 2.27. The second-order valence-corrected chi connectivity index (χ2v) is 7.33. The summed E-state index contributed by atoms with van der Waals surface area (Å²) < 4.78 is 25.9. The molecule has 1 aromatic rings. The molecular formula is C12H18N2O2S2. The first-order chi connectivity index (χ1) is 8.43. The zero-order chi connectivity index (χ0) is 13.8. The van der Waals surface area contributed by atoms with Crippen molar-refractivity contribution in [1.82, 2.24) is 9.62 Å². The molecule has 1 N–H and O–H groups in total. The van der Waals surface area contributed by atoms with Gasteiger partial charge in [0.1, 0.15) is 4.21 Å². The summed E-state index contributed by atoms with van der Waals surface area (Å²) in [7, 11) is -1.95. The molecule has 0 saturated carbocycles. The zero-order valence-corrected chi connectivity index (χ0v) is 12.5. The smallest absolute Gasteiger partial charge is 0.253 e. The Bertz CT molecular complexity index is 541. The van der Waals surface area contributed by atoms with E-state index in [0.29, 0.717) is 10.8 Å². The van der Waals surface area contributed by atoms with Gasteiger partial charge in [0.25, 0.3) is 10.0 Å². The Morgan fingerprint density at radius 3 is 2.78 bits per heavy atom. The second kappa shape index (κ2) is 6.34. The molecule has 100 valence electrons. The molecular weight excluding hydrogens is 268 g/mol. The fourth-order valence-electron chi connectivity index (χ4n) is 1.40. The van der Waals surface area contributed by atoms with Gasteiger partial charge in [-0.15, -0.1) is 17.8 Å². The van der Waals surface area contributed by atoms with Gasteiger partial charge in [0.2, 0.25) is 0 Å². The van der Waals surface area contributed by atoms with E-state index in [9.17, 15) is 8.42 Å². The lowest BCUT2D eigenvalue weighted by Gasteiger charge is -2.12. The van der Waals surface area contributed by atoms with E-state index >= 15 is 0 Å². The van der Waals surface area contributed by atoms with Gasteiger partial charge in [0.15, 0.2) is 0 Å². The van der Waals surface area contributed by atoms with Crippen molar-refractivity contribution in [1.29, 1.82) is 0 Å². The molecule has 1 heterocycles. The molecule has 0 atom stereocenters. The predicted octanol–water partition coefficient (Wildman–Crippen LogP) is 1.42. The molecule has 4 nitrogen and oxygen atoms in total. The average molecular weight is 286 g/mol. The normalized spacial score (nSPS) is 11.7. The van der Waals surface area contributed by atoms with Gasteiger partial charge >= 0.3 is 0 Å². The second-order valence-electron chi connectivity index (χ2n) is 3.92. The lowest BCUT2D eigenvalue weighted by Crippen LogP contribution is -2.26. The number of hydrogen-bond donors (Lipinski definition) is 1. The van der Waals surface area contributed by atoms with Crippen LogP contribution in [-0.2, 0) is 16.6 Å². The first-order valence-electron chi connectivity index (χ1n) is 5.63. The van der Waals surface area contributed by atoms with E-state index in [0.717, 1.165) is 17.0 Å². The highest BCUT2D eigenvalue weighted by molar-refractivity contribution is 7.91. The molecule has 1 rings (SSSR count). The van der Waals surface area contributed by atoms with E-state index in [4.69, 9.17) is 6.42 Å². The topological polar surface area (TPSA) is 49.4 Å². The maximum absolute atomic E-state index is 12.2. The minimum Gasteiger partial charge on any atom is -0.312 e. The van der Waals surface area contributed by atoms with Gasteiger partial charge in [-0.1, -0.05) is 12.8 Å².